The molecule has 1 rings (SSSR count). The topological polar surface area (TPSA) is 48.2 Å². The first kappa shape index (κ1) is 18.2. The van der Waals surface area contributed by atoms with E-state index in [4.69, 9.17) is 0 Å². The molecule has 0 radical (unpaired) electrons. The SMILES string of the molecule is CC(C)(C)[N-]S(=O)(=O)c1cc[c-]s1.[Li+].[Li+]. The predicted octanol–water partition coefficient (Wildman–Crippen LogP) is -3.58. The number of hydrogen-bond donors (Lipinski definition) is 0. The molecular weight excluding hydrogens is 220 g/mol. The Morgan fingerprint density at radius 1 is 1.33 bits per heavy atom. The van der Waals surface area contributed by atoms with E-state index in [2.05, 4.69) is 10.1 Å². The van der Waals surface area contributed by atoms with E-state index in [0.29, 0.717) is 0 Å². The van der Waals surface area contributed by atoms with Gasteiger partial charge in [0, 0.05) is 0 Å². The van der Waals surface area contributed by atoms with E-state index in [1.54, 1.807) is 26.8 Å². The van der Waals surface area contributed by atoms with Crippen molar-refractivity contribution in [3.8, 4) is 0 Å². The van der Waals surface area contributed by atoms with Crippen molar-refractivity contribution in [2.24, 2.45) is 0 Å². The molecule has 0 atom stereocenters. The molecule has 0 fully saturated rings. The Labute approximate surface area is 119 Å². The first-order chi connectivity index (χ1) is 5.81. The van der Waals surface area contributed by atoms with E-state index < -0.39 is 15.6 Å². The summed E-state index contributed by atoms with van der Waals surface area (Å²) in [5.41, 5.74) is -0.567. The van der Waals surface area contributed by atoms with Crippen LogP contribution in [0, 0.1) is 5.38 Å². The van der Waals surface area contributed by atoms with Gasteiger partial charge in [-0.2, -0.15) is 12.1 Å². The maximum Gasteiger partial charge on any atom is 1.00 e. The van der Waals surface area contributed by atoms with Gasteiger partial charge in [0.2, 0.25) is 0 Å². The van der Waals surface area contributed by atoms with Gasteiger partial charge in [0.25, 0.3) is 0 Å². The Hall–Kier alpha value is 0.805. The zero-order valence-corrected chi connectivity index (χ0v) is 11.4. The molecule has 1 aromatic heterocycles. The number of rotatable bonds is 2. The Morgan fingerprint density at radius 3 is 2.20 bits per heavy atom. The average molecular weight is 231 g/mol. The molecule has 0 saturated heterocycles. The fourth-order valence-electron chi connectivity index (χ4n) is 0.772. The fraction of sp³-hybridized carbons (Fsp3) is 0.500. The molecule has 1 aromatic rings. The number of nitrogens with zero attached hydrogens (tertiary/aromatic N) is 1. The van der Waals surface area contributed by atoms with Crippen LogP contribution >= 0.6 is 11.3 Å². The molecule has 0 aliphatic heterocycles. The van der Waals surface area contributed by atoms with Crippen LogP contribution < -0.4 is 37.7 Å². The van der Waals surface area contributed by atoms with Crippen LogP contribution in [0.5, 0.6) is 0 Å². The summed E-state index contributed by atoms with van der Waals surface area (Å²) in [7, 11) is -3.46. The zero-order valence-electron chi connectivity index (χ0n) is 9.73. The molecule has 0 unspecified atom stereocenters. The van der Waals surface area contributed by atoms with Gasteiger partial charge in [-0.25, -0.2) is 0 Å². The average Bonchev–Trinajstić information content (AvgIpc) is 2.29. The predicted molar refractivity (Wildman–Crippen MR) is 53.5 cm³/mol. The standard InChI is InChI=1S/C8H11NO2S2.2Li/c1-8(2,3)9-13(10,11)7-5-4-6-12-7;;/h4-5H,1-3H3;;/q-2;2*+1. The molecular formula is C8H11Li2NO2S2. The van der Waals surface area contributed by atoms with Crippen LogP contribution in [0.25, 0.3) is 4.72 Å². The van der Waals surface area contributed by atoms with Crippen LogP contribution in [0.15, 0.2) is 16.3 Å². The van der Waals surface area contributed by atoms with Crippen LogP contribution in [0.2, 0.25) is 0 Å². The minimum absolute atomic E-state index is 0. The van der Waals surface area contributed by atoms with Crippen LogP contribution in [-0.2, 0) is 10.0 Å². The van der Waals surface area contributed by atoms with E-state index in [1.165, 1.54) is 6.07 Å². The number of hydrogen-bond acceptors (Lipinski definition) is 3. The molecule has 0 saturated carbocycles. The van der Waals surface area contributed by atoms with Crippen LogP contribution in [-0.4, -0.2) is 14.0 Å². The van der Waals surface area contributed by atoms with Crippen LogP contribution in [0.1, 0.15) is 20.8 Å². The minimum Gasteiger partial charge on any atom is -0.551 e. The second kappa shape index (κ2) is 6.52. The fourth-order valence-corrected chi connectivity index (χ4v) is 2.89. The minimum atomic E-state index is -3.46. The summed E-state index contributed by atoms with van der Waals surface area (Å²) in [5, 5.41) is 2.72. The van der Waals surface area contributed by atoms with Gasteiger partial charge in [-0.3, -0.25) is 19.8 Å². The second-order valence-electron chi connectivity index (χ2n) is 3.61. The van der Waals surface area contributed by atoms with Gasteiger partial charge in [0.15, 0.2) is 0 Å². The summed E-state index contributed by atoms with van der Waals surface area (Å²) in [6.07, 6.45) is 0. The monoisotopic (exact) mass is 231 g/mol. The van der Waals surface area contributed by atoms with Crippen LogP contribution in [0.3, 0.4) is 0 Å². The van der Waals surface area contributed by atoms with Gasteiger partial charge in [0.05, 0.1) is 10.0 Å². The zero-order chi connectivity index (χ0) is 10.1. The first-order valence-corrected chi connectivity index (χ1v) is 6.02. The maximum absolute atomic E-state index is 11.5. The van der Waals surface area contributed by atoms with Gasteiger partial charge in [-0.1, -0.05) is 25.0 Å². The summed E-state index contributed by atoms with van der Waals surface area (Å²) >= 11 is 1.06. The molecule has 0 aliphatic rings. The summed E-state index contributed by atoms with van der Waals surface area (Å²) in [6, 6.07) is 3.09. The van der Waals surface area contributed by atoms with E-state index >= 15 is 0 Å². The van der Waals surface area contributed by atoms with Gasteiger partial charge in [-0.15, -0.1) is 10.9 Å². The third kappa shape index (κ3) is 6.19. The number of thiophene rings is 1. The van der Waals surface area contributed by atoms with Crippen LogP contribution in [0.4, 0.5) is 0 Å². The van der Waals surface area contributed by atoms with Crippen molar-refractivity contribution in [1.82, 2.24) is 0 Å². The molecule has 74 valence electrons. The van der Waals surface area contributed by atoms with Gasteiger partial charge in [0.1, 0.15) is 0 Å². The molecule has 0 aromatic carbocycles. The smallest absolute Gasteiger partial charge is 0.551 e. The van der Waals surface area contributed by atoms with Crippen molar-refractivity contribution in [3.05, 3.63) is 22.2 Å². The second-order valence-corrected chi connectivity index (χ2v) is 6.32. The van der Waals surface area contributed by atoms with Gasteiger partial charge in [-0.05, 0) is 0 Å². The Kier molecular flexibility index (Phi) is 7.90. The molecule has 15 heavy (non-hydrogen) atoms. The summed E-state index contributed by atoms with van der Waals surface area (Å²) in [5.74, 6) is 0. The summed E-state index contributed by atoms with van der Waals surface area (Å²) in [6.45, 7) is 5.26. The van der Waals surface area contributed by atoms with Crippen molar-refractivity contribution in [2.45, 2.75) is 30.5 Å². The number of sulfonamides is 1. The van der Waals surface area contributed by atoms with Crippen molar-refractivity contribution in [1.29, 1.82) is 0 Å². The molecule has 0 spiro atoms. The van der Waals surface area contributed by atoms with E-state index in [-0.39, 0.29) is 41.9 Å². The molecule has 1 heterocycles. The van der Waals surface area contributed by atoms with Crippen molar-refractivity contribution < 1.29 is 46.1 Å². The Bertz CT molecular complexity index is 368. The summed E-state index contributed by atoms with van der Waals surface area (Å²) < 4.78 is 27.1. The van der Waals surface area contributed by atoms with E-state index in [1.807, 2.05) is 0 Å². The maximum atomic E-state index is 11.5. The molecule has 7 heteroatoms. The van der Waals surface area contributed by atoms with Gasteiger partial charge < -0.3 is 4.72 Å². The van der Waals surface area contributed by atoms with E-state index in [9.17, 15) is 8.42 Å². The summed E-state index contributed by atoms with van der Waals surface area (Å²) in [4.78, 5) is 0. The molecule has 3 nitrogen and oxygen atoms in total. The third-order valence-corrected chi connectivity index (χ3v) is 4.00. The van der Waals surface area contributed by atoms with Crippen molar-refractivity contribution in [2.75, 3.05) is 0 Å². The third-order valence-electron chi connectivity index (χ3n) is 1.10. The van der Waals surface area contributed by atoms with Gasteiger partial charge >= 0.3 is 37.7 Å². The largest absolute Gasteiger partial charge is 1.00 e. The quantitative estimate of drug-likeness (QED) is 0.390. The van der Waals surface area contributed by atoms with E-state index in [0.717, 1.165) is 11.3 Å². The molecule has 0 amide bonds. The van der Waals surface area contributed by atoms with Crippen molar-refractivity contribution >= 4 is 21.4 Å². The Morgan fingerprint density at radius 2 is 1.87 bits per heavy atom. The molecule has 0 N–H and O–H groups in total. The first-order valence-electron chi connectivity index (χ1n) is 3.76. The Balaban J connectivity index is 0. The normalized spacial score (nSPS) is 11.4. The molecule has 0 aliphatic carbocycles. The molecule has 0 bridgehead atoms. The van der Waals surface area contributed by atoms with Crippen molar-refractivity contribution in [3.63, 3.8) is 0 Å².